The molecule has 15 heavy (non-hydrogen) atoms. The molecule has 80 valence electrons. The average molecular weight is 207 g/mol. The zero-order valence-electron chi connectivity index (χ0n) is 8.18. The van der Waals surface area contributed by atoms with Crippen molar-refractivity contribution in [2.75, 3.05) is 0 Å². The van der Waals surface area contributed by atoms with Crippen molar-refractivity contribution in [1.82, 2.24) is 5.32 Å². The van der Waals surface area contributed by atoms with Crippen LogP contribution in [-0.4, -0.2) is 22.4 Å². The fourth-order valence-corrected chi connectivity index (χ4v) is 2.05. The van der Waals surface area contributed by atoms with Crippen LogP contribution in [-0.2, 0) is 6.42 Å². The number of aliphatic hydroxyl groups is 1. The van der Waals surface area contributed by atoms with E-state index in [9.17, 15) is 9.90 Å². The number of aliphatic hydroxyl groups excluding tert-OH is 1. The van der Waals surface area contributed by atoms with Gasteiger partial charge in [-0.25, -0.2) is 4.79 Å². The Balaban J connectivity index is 2.32. The van der Waals surface area contributed by atoms with Crippen molar-refractivity contribution in [1.29, 1.82) is 0 Å². The van der Waals surface area contributed by atoms with Crippen molar-refractivity contribution in [3.05, 3.63) is 35.4 Å². The van der Waals surface area contributed by atoms with Gasteiger partial charge in [0.25, 0.3) is 0 Å². The molecule has 0 saturated heterocycles. The highest BCUT2D eigenvalue weighted by molar-refractivity contribution is 5.65. The van der Waals surface area contributed by atoms with Crippen LogP contribution < -0.4 is 5.32 Å². The molecule has 0 unspecified atom stereocenters. The first-order valence-electron chi connectivity index (χ1n) is 4.94. The lowest BCUT2D eigenvalue weighted by atomic mass is 9.86. The molecular formula is C11H13NO3. The monoisotopic (exact) mass is 207 g/mol. The molecule has 1 aromatic carbocycles. The molecule has 2 rings (SSSR count). The first-order chi connectivity index (χ1) is 7.18. The van der Waals surface area contributed by atoms with Crippen molar-refractivity contribution >= 4 is 6.09 Å². The number of carbonyl (C=O) groups is 1. The SMILES string of the molecule is O=C(O)N[C@@H]1c2ccccc2CC[C@@H]1O. The Morgan fingerprint density at radius 3 is 2.87 bits per heavy atom. The van der Waals surface area contributed by atoms with E-state index in [0.717, 1.165) is 17.5 Å². The van der Waals surface area contributed by atoms with E-state index < -0.39 is 18.2 Å². The third-order valence-corrected chi connectivity index (χ3v) is 2.76. The standard InChI is InChI=1S/C11H13NO3/c13-9-6-5-7-3-1-2-4-8(7)10(9)12-11(14)15/h1-4,9-10,12-13H,5-6H2,(H,14,15)/t9-,10+/m0/s1. The number of nitrogens with one attached hydrogen (secondary N) is 1. The molecule has 0 radical (unpaired) electrons. The van der Waals surface area contributed by atoms with Crippen LogP contribution in [0.2, 0.25) is 0 Å². The topological polar surface area (TPSA) is 69.6 Å². The maximum absolute atomic E-state index is 10.6. The lowest BCUT2D eigenvalue weighted by molar-refractivity contribution is 0.105. The molecule has 0 saturated carbocycles. The second-order valence-corrected chi connectivity index (χ2v) is 3.73. The Hall–Kier alpha value is -1.55. The summed E-state index contributed by atoms with van der Waals surface area (Å²) in [6, 6.07) is 7.12. The van der Waals surface area contributed by atoms with Gasteiger partial charge < -0.3 is 15.5 Å². The number of rotatable bonds is 1. The summed E-state index contributed by atoms with van der Waals surface area (Å²) in [7, 11) is 0. The van der Waals surface area contributed by atoms with Crippen LogP contribution >= 0.6 is 0 Å². The van der Waals surface area contributed by atoms with Crippen LogP contribution in [0.3, 0.4) is 0 Å². The molecule has 1 aliphatic carbocycles. The second kappa shape index (κ2) is 3.90. The third-order valence-electron chi connectivity index (χ3n) is 2.76. The minimum atomic E-state index is -1.10. The zero-order chi connectivity index (χ0) is 10.8. The highest BCUT2D eigenvalue weighted by Crippen LogP contribution is 2.29. The van der Waals surface area contributed by atoms with Crippen LogP contribution in [0.5, 0.6) is 0 Å². The maximum atomic E-state index is 10.6. The van der Waals surface area contributed by atoms with Gasteiger partial charge in [-0.1, -0.05) is 24.3 Å². The highest BCUT2D eigenvalue weighted by Gasteiger charge is 2.28. The van der Waals surface area contributed by atoms with Crippen molar-refractivity contribution in [3.8, 4) is 0 Å². The molecule has 3 N–H and O–H groups in total. The number of hydrogen-bond acceptors (Lipinski definition) is 2. The van der Waals surface area contributed by atoms with E-state index in [0.29, 0.717) is 6.42 Å². The maximum Gasteiger partial charge on any atom is 0.405 e. The summed E-state index contributed by atoms with van der Waals surface area (Å²) in [4.78, 5) is 10.6. The lowest BCUT2D eigenvalue weighted by Gasteiger charge is -2.29. The van der Waals surface area contributed by atoms with Crippen LogP contribution in [0.25, 0.3) is 0 Å². The summed E-state index contributed by atoms with van der Waals surface area (Å²) in [6.07, 6.45) is -0.330. The minimum Gasteiger partial charge on any atom is -0.465 e. The molecule has 1 amide bonds. The molecule has 0 fully saturated rings. The Kier molecular flexibility index (Phi) is 2.60. The largest absolute Gasteiger partial charge is 0.465 e. The zero-order valence-corrected chi connectivity index (χ0v) is 8.18. The molecular weight excluding hydrogens is 194 g/mol. The Bertz CT molecular complexity index is 378. The van der Waals surface area contributed by atoms with Gasteiger partial charge in [0.05, 0.1) is 12.1 Å². The van der Waals surface area contributed by atoms with Gasteiger partial charge in [-0.2, -0.15) is 0 Å². The molecule has 1 aliphatic rings. The summed E-state index contributed by atoms with van der Waals surface area (Å²) in [5, 5.41) is 20.8. The Morgan fingerprint density at radius 1 is 1.40 bits per heavy atom. The fourth-order valence-electron chi connectivity index (χ4n) is 2.05. The molecule has 0 aromatic heterocycles. The van der Waals surface area contributed by atoms with Gasteiger partial charge in [-0.15, -0.1) is 0 Å². The summed E-state index contributed by atoms with van der Waals surface area (Å²) < 4.78 is 0. The van der Waals surface area contributed by atoms with E-state index in [1.807, 2.05) is 24.3 Å². The molecule has 1 aromatic rings. The summed E-state index contributed by atoms with van der Waals surface area (Å²) in [5.41, 5.74) is 2.00. The molecule has 2 atom stereocenters. The number of aryl methyl sites for hydroxylation is 1. The van der Waals surface area contributed by atoms with E-state index in [2.05, 4.69) is 5.32 Å². The summed E-state index contributed by atoms with van der Waals surface area (Å²) >= 11 is 0. The van der Waals surface area contributed by atoms with Crippen LogP contribution in [0.15, 0.2) is 24.3 Å². The number of amides is 1. The average Bonchev–Trinajstić information content (AvgIpc) is 2.22. The Morgan fingerprint density at radius 2 is 2.13 bits per heavy atom. The normalized spacial score (nSPS) is 24.3. The van der Waals surface area contributed by atoms with Gasteiger partial charge in [0.2, 0.25) is 0 Å². The number of benzene rings is 1. The molecule has 0 heterocycles. The number of hydrogen-bond donors (Lipinski definition) is 3. The van der Waals surface area contributed by atoms with Gasteiger partial charge >= 0.3 is 6.09 Å². The third kappa shape index (κ3) is 1.94. The smallest absolute Gasteiger partial charge is 0.405 e. The fraction of sp³-hybridized carbons (Fsp3) is 0.364. The predicted octanol–water partition coefficient (Wildman–Crippen LogP) is 1.30. The first-order valence-corrected chi connectivity index (χ1v) is 4.94. The molecule has 0 aliphatic heterocycles. The van der Waals surface area contributed by atoms with Crippen molar-refractivity contribution in [2.24, 2.45) is 0 Å². The molecule has 0 spiro atoms. The minimum absolute atomic E-state index is 0.493. The molecule has 4 nitrogen and oxygen atoms in total. The lowest BCUT2D eigenvalue weighted by Crippen LogP contribution is -2.38. The van der Waals surface area contributed by atoms with Gasteiger partial charge in [0, 0.05) is 0 Å². The summed E-state index contributed by atoms with van der Waals surface area (Å²) in [5.74, 6) is 0. The highest BCUT2D eigenvalue weighted by atomic mass is 16.4. The van der Waals surface area contributed by atoms with Crippen LogP contribution in [0, 0.1) is 0 Å². The van der Waals surface area contributed by atoms with Gasteiger partial charge in [0.1, 0.15) is 0 Å². The van der Waals surface area contributed by atoms with Gasteiger partial charge in [-0.05, 0) is 24.0 Å². The quantitative estimate of drug-likeness (QED) is 0.650. The van der Waals surface area contributed by atoms with Crippen molar-refractivity contribution in [2.45, 2.75) is 25.0 Å². The van der Waals surface area contributed by atoms with Gasteiger partial charge in [-0.3, -0.25) is 0 Å². The summed E-state index contributed by atoms with van der Waals surface area (Å²) in [6.45, 7) is 0. The van der Waals surface area contributed by atoms with Crippen LogP contribution in [0.4, 0.5) is 4.79 Å². The van der Waals surface area contributed by atoms with E-state index in [4.69, 9.17) is 5.11 Å². The van der Waals surface area contributed by atoms with E-state index in [1.54, 1.807) is 0 Å². The van der Waals surface area contributed by atoms with Gasteiger partial charge in [0.15, 0.2) is 0 Å². The number of carboxylic acid groups (broad SMARTS) is 1. The van der Waals surface area contributed by atoms with E-state index in [1.165, 1.54) is 0 Å². The molecule has 0 bridgehead atoms. The number of fused-ring (bicyclic) bond motifs is 1. The second-order valence-electron chi connectivity index (χ2n) is 3.73. The van der Waals surface area contributed by atoms with Crippen molar-refractivity contribution in [3.63, 3.8) is 0 Å². The molecule has 4 heteroatoms. The predicted molar refractivity (Wildman–Crippen MR) is 54.7 cm³/mol. The van der Waals surface area contributed by atoms with Crippen molar-refractivity contribution < 1.29 is 15.0 Å². The van der Waals surface area contributed by atoms with E-state index in [-0.39, 0.29) is 0 Å². The first kappa shape index (κ1) is 9.98. The van der Waals surface area contributed by atoms with Crippen LogP contribution in [0.1, 0.15) is 23.6 Å². The Labute approximate surface area is 87.6 Å². The van der Waals surface area contributed by atoms with E-state index >= 15 is 0 Å².